The second-order valence-electron chi connectivity index (χ2n) is 7.09. The normalized spacial score (nSPS) is 18.0. The van der Waals surface area contributed by atoms with Gasteiger partial charge in [0.25, 0.3) is 5.91 Å². The van der Waals surface area contributed by atoms with Gasteiger partial charge in [0, 0.05) is 24.7 Å². The van der Waals surface area contributed by atoms with Crippen LogP contribution in [0, 0.1) is 12.8 Å². The van der Waals surface area contributed by atoms with E-state index in [2.05, 4.69) is 34.2 Å². The molecule has 26 heavy (non-hydrogen) atoms. The maximum absolute atomic E-state index is 12.6. The molecule has 0 saturated carbocycles. The Morgan fingerprint density at radius 3 is 3.00 bits per heavy atom. The van der Waals surface area contributed by atoms with Crippen molar-refractivity contribution in [3.8, 4) is 0 Å². The fourth-order valence-electron chi connectivity index (χ4n) is 3.81. The zero-order valence-corrected chi connectivity index (χ0v) is 15.0. The number of amides is 1. The number of carbonyl (C=O) groups is 1. The van der Waals surface area contributed by atoms with Crippen LogP contribution in [0.5, 0.6) is 0 Å². The number of hydrogen-bond acceptors (Lipinski definition) is 4. The molecule has 0 spiro atoms. The third-order valence-electron chi connectivity index (χ3n) is 5.27. The number of hydrogen-bond donors (Lipinski definition) is 0. The van der Waals surface area contributed by atoms with Gasteiger partial charge in [-0.3, -0.25) is 9.78 Å². The zero-order chi connectivity index (χ0) is 17.9. The predicted molar refractivity (Wildman–Crippen MR) is 99.9 cm³/mol. The Kier molecular flexibility index (Phi) is 4.69. The lowest BCUT2D eigenvalue weighted by molar-refractivity contribution is 0.0727. The molecule has 1 aromatic carbocycles. The van der Waals surface area contributed by atoms with E-state index in [4.69, 9.17) is 4.42 Å². The molecule has 1 unspecified atom stereocenters. The van der Waals surface area contributed by atoms with Gasteiger partial charge in [0.05, 0.1) is 11.2 Å². The van der Waals surface area contributed by atoms with E-state index in [9.17, 15) is 4.79 Å². The number of oxazole rings is 1. The van der Waals surface area contributed by atoms with Crippen LogP contribution in [0.15, 0.2) is 47.3 Å². The van der Waals surface area contributed by atoms with Crippen molar-refractivity contribution in [3.63, 3.8) is 0 Å². The van der Waals surface area contributed by atoms with Gasteiger partial charge >= 0.3 is 0 Å². The number of nitrogens with zero attached hydrogens (tertiary/aromatic N) is 3. The summed E-state index contributed by atoms with van der Waals surface area (Å²) in [7, 11) is 0. The summed E-state index contributed by atoms with van der Waals surface area (Å²) in [6.07, 6.45) is 7.41. The number of benzene rings is 1. The van der Waals surface area contributed by atoms with Gasteiger partial charge in [0.1, 0.15) is 0 Å². The SMILES string of the molecule is Cc1ncoc1C(=O)N1CCCC(Cc2ccc3ncccc3c2)CC1. The highest BCUT2D eigenvalue weighted by Gasteiger charge is 2.25. The van der Waals surface area contributed by atoms with E-state index in [-0.39, 0.29) is 5.91 Å². The molecule has 1 aliphatic heterocycles. The van der Waals surface area contributed by atoms with Gasteiger partial charge in [-0.25, -0.2) is 4.98 Å². The number of aryl methyl sites for hydroxylation is 1. The molecule has 0 bridgehead atoms. The van der Waals surface area contributed by atoms with E-state index >= 15 is 0 Å². The van der Waals surface area contributed by atoms with Gasteiger partial charge in [0.2, 0.25) is 5.76 Å². The highest BCUT2D eigenvalue weighted by molar-refractivity contribution is 5.92. The molecule has 1 atom stereocenters. The standard InChI is InChI=1S/C21H23N3O2/c1-15-20(26-14-23-15)21(25)24-10-3-4-16(8-11-24)12-17-6-7-19-18(13-17)5-2-9-22-19/h2,5-7,9,13-14,16H,3-4,8,10-12H2,1H3. The van der Waals surface area contributed by atoms with Crippen molar-refractivity contribution in [2.45, 2.75) is 32.6 Å². The second kappa shape index (κ2) is 7.28. The number of likely N-dealkylation sites (tertiary alicyclic amines) is 1. The summed E-state index contributed by atoms with van der Waals surface area (Å²) >= 11 is 0. The van der Waals surface area contributed by atoms with Gasteiger partial charge in [-0.2, -0.15) is 0 Å². The van der Waals surface area contributed by atoms with Crippen LogP contribution in [0.2, 0.25) is 0 Å². The quantitative estimate of drug-likeness (QED) is 0.717. The summed E-state index contributed by atoms with van der Waals surface area (Å²) in [6, 6.07) is 10.6. The third-order valence-corrected chi connectivity index (χ3v) is 5.27. The van der Waals surface area contributed by atoms with Crippen LogP contribution in [0.25, 0.3) is 10.9 Å². The minimum absolute atomic E-state index is 0.0302. The number of pyridine rings is 1. The predicted octanol–water partition coefficient (Wildman–Crippen LogP) is 4.02. The minimum atomic E-state index is -0.0302. The number of carbonyl (C=O) groups excluding carboxylic acids is 1. The molecular formula is C21H23N3O2. The molecule has 0 N–H and O–H groups in total. The van der Waals surface area contributed by atoms with Crippen molar-refractivity contribution in [2.24, 2.45) is 5.92 Å². The second-order valence-corrected chi connectivity index (χ2v) is 7.09. The zero-order valence-electron chi connectivity index (χ0n) is 15.0. The van der Waals surface area contributed by atoms with E-state index in [1.807, 2.05) is 24.1 Å². The van der Waals surface area contributed by atoms with Gasteiger partial charge in [-0.15, -0.1) is 0 Å². The smallest absolute Gasteiger partial charge is 0.291 e. The summed E-state index contributed by atoms with van der Waals surface area (Å²) < 4.78 is 5.28. The fourth-order valence-corrected chi connectivity index (χ4v) is 3.81. The van der Waals surface area contributed by atoms with Crippen LogP contribution in [-0.4, -0.2) is 33.9 Å². The van der Waals surface area contributed by atoms with E-state index in [0.29, 0.717) is 17.4 Å². The molecule has 3 heterocycles. The first kappa shape index (κ1) is 16.8. The summed E-state index contributed by atoms with van der Waals surface area (Å²) in [5.41, 5.74) is 3.05. The molecule has 1 saturated heterocycles. The average Bonchev–Trinajstić information content (AvgIpc) is 2.95. The van der Waals surface area contributed by atoms with Crippen LogP contribution < -0.4 is 0 Å². The highest BCUT2D eigenvalue weighted by Crippen LogP contribution is 2.24. The number of fused-ring (bicyclic) bond motifs is 1. The van der Waals surface area contributed by atoms with Gasteiger partial charge in [0.15, 0.2) is 6.39 Å². The Labute approximate surface area is 153 Å². The molecule has 2 aromatic heterocycles. The number of aromatic nitrogens is 2. The lowest BCUT2D eigenvalue weighted by Gasteiger charge is -2.19. The van der Waals surface area contributed by atoms with Crippen LogP contribution >= 0.6 is 0 Å². The van der Waals surface area contributed by atoms with E-state index in [0.717, 1.165) is 44.3 Å². The summed E-state index contributed by atoms with van der Waals surface area (Å²) in [6.45, 7) is 3.38. The minimum Gasteiger partial charge on any atom is -0.438 e. The Morgan fingerprint density at radius 1 is 1.23 bits per heavy atom. The van der Waals surface area contributed by atoms with Crippen molar-refractivity contribution < 1.29 is 9.21 Å². The van der Waals surface area contributed by atoms with Crippen LogP contribution in [0.1, 0.15) is 41.1 Å². The van der Waals surface area contributed by atoms with Crippen LogP contribution in [0.4, 0.5) is 0 Å². The first-order valence-corrected chi connectivity index (χ1v) is 9.24. The molecule has 0 radical (unpaired) electrons. The van der Waals surface area contributed by atoms with Crippen molar-refractivity contribution >= 4 is 16.8 Å². The van der Waals surface area contributed by atoms with Crippen LogP contribution in [-0.2, 0) is 6.42 Å². The molecule has 1 aliphatic rings. The Bertz CT molecular complexity index is 918. The Hall–Kier alpha value is -2.69. The largest absolute Gasteiger partial charge is 0.438 e. The third kappa shape index (κ3) is 3.47. The van der Waals surface area contributed by atoms with Crippen molar-refractivity contribution in [1.82, 2.24) is 14.9 Å². The summed E-state index contributed by atoms with van der Waals surface area (Å²) in [5.74, 6) is 0.945. The maximum Gasteiger partial charge on any atom is 0.291 e. The Balaban J connectivity index is 1.41. The van der Waals surface area contributed by atoms with Crippen LogP contribution in [0.3, 0.4) is 0 Å². The first-order chi connectivity index (χ1) is 12.7. The molecule has 1 amide bonds. The average molecular weight is 349 g/mol. The van der Waals surface area contributed by atoms with E-state index in [1.54, 1.807) is 0 Å². The molecule has 1 fully saturated rings. The maximum atomic E-state index is 12.6. The van der Waals surface area contributed by atoms with Gasteiger partial charge < -0.3 is 9.32 Å². The van der Waals surface area contributed by atoms with E-state index < -0.39 is 0 Å². The monoisotopic (exact) mass is 349 g/mol. The summed E-state index contributed by atoms with van der Waals surface area (Å²) in [4.78, 5) is 23.0. The van der Waals surface area contributed by atoms with Crippen molar-refractivity contribution in [2.75, 3.05) is 13.1 Å². The molecule has 5 heteroatoms. The lowest BCUT2D eigenvalue weighted by Crippen LogP contribution is -2.32. The van der Waals surface area contributed by atoms with E-state index in [1.165, 1.54) is 17.3 Å². The fraction of sp³-hybridized carbons (Fsp3) is 0.381. The molecule has 134 valence electrons. The van der Waals surface area contributed by atoms with Crippen molar-refractivity contribution in [1.29, 1.82) is 0 Å². The van der Waals surface area contributed by atoms with Gasteiger partial charge in [-0.05, 0) is 62.3 Å². The molecule has 3 aromatic rings. The molecule has 0 aliphatic carbocycles. The summed E-state index contributed by atoms with van der Waals surface area (Å²) in [5, 5.41) is 1.19. The topological polar surface area (TPSA) is 59.2 Å². The molecule has 5 nitrogen and oxygen atoms in total. The first-order valence-electron chi connectivity index (χ1n) is 9.24. The lowest BCUT2D eigenvalue weighted by atomic mass is 9.92. The molecular weight excluding hydrogens is 326 g/mol. The highest BCUT2D eigenvalue weighted by atomic mass is 16.3. The van der Waals surface area contributed by atoms with Crippen molar-refractivity contribution in [3.05, 3.63) is 59.9 Å². The Morgan fingerprint density at radius 2 is 2.15 bits per heavy atom. The molecule has 4 rings (SSSR count). The number of rotatable bonds is 3. The van der Waals surface area contributed by atoms with Gasteiger partial charge in [-0.1, -0.05) is 12.1 Å².